The average molecular weight is 433 g/mol. The predicted molar refractivity (Wildman–Crippen MR) is 121 cm³/mol. The fourth-order valence-corrected chi connectivity index (χ4v) is 5.05. The number of imide groups is 1. The summed E-state index contributed by atoms with van der Waals surface area (Å²) in [5.74, 6) is 0.440. The number of fused-ring (bicyclic) bond motifs is 1. The SMILES string of the molecule is C[C@@H]1CNC[C@H]1c1ccc(NCc2ccc3c(c2)CN(C2CCC(=O)NC2=O)C3=O)cc1. The van der Waals surface area contributed by atoms with Crippen molar-refractivity contribution in [3.63, 3.8) is 0 Å². The quantitative estimate of drug-likeness (QED) is 0.631. The molecule has 3 amide bonds. The van der Waals surface area contributed by atoms with Crippen LogP contribution >= 0.6 is 0 Å². The van der Waals surface area contributed by atoms with E-state index in [9.17, 15) is 14.4 Å². The largest absolute Gasteiger partial charge is 0.381 e. The van der Waals surface area contributed by atoms with Crippen LogP contribution in [0.3, 0.4) is 0 Å². The van der Waals surface area contributed by atoms with E-state index in [2.05, 4.69) is 47.1 Å². The zero-order valence-corrected chi connectivity index (χ0v) is 18.2. The molecule has 7 heteroatoms. The smallest absolute Gasteiger partial charge is 0.255 e. The van der Waals surface area contributed by atoms with Crippen LogP contribution in [0.5, 0.6) is 0 Å². The molecule has 7 nitrogen and oxygen atoms in total. The minimum Gasteiger partial charge on any atom is -0.381 e. The normalized spacial score (nSPS) is 25.1. The van der Waals surface area contributed by atoms with Crippen molar-refractivity contribution in [2.24, 2.45) is 5.92 Å². The van der Waals surface area contributed by atoms with Crippen molar-refractivity contribution in [3.05, 3.63) is 64.7 Å². The standard InChI is InChI=1S/C25H28N4O3/c1-15-11-26-13-21(15)17-3-5-19(6-4-17)27-12-16-2-7-20-18(10-16)14-29(25(20)32)22-8-9-23(30)28-24(22)31/h2-7,10,15,21-22,26-27H,8-9,11-14H2,1H3,(H,28,30,31)/t15-,21-,22?/m1/s1. The second kappa shape index (κ2) is 8.39. The van der Waals surface area contributed by atoms with E-state index >= 15 is 0 Å². The molecule has 0 aromatic heterocycles. The molecule has 3 aliphatic rings. The first kappa shape index (κ1) is 20.7. The van der Waals surface area contributed by atoms with Crippen LogP contribution in [-0.4, -0.2) is 41.8 Å². The Hall–Kier alpha value is -3.19. The summed E-state index contributed by atoms with van der Waals surface area (Å²) in [6.07, 6.45) is 0.644. The number of anilines is 1. The molecule has 32 heavy (non-hydrogen) atoms. The molecule has 0 radical (unpaired) electrons. The molecule has 2 saturated heterocycles. The minimum absolute atomic E-state index is 0.139. The molecule has 3 N–H and O–H groups in total. The van der Waals surface area contributed by atoms with Crippen LogP contribution < -0.4 is 16.0 Å². The first-order chi connectivity index (χ1) is 15.5. The van der Waals surface area contributed by atoms with Crippen LogP contribution in [0.4, 0.5) is 5.69 Å². The Morgan fingerprint density at radius 1 is 1.06 bits per heavy atom. The van der Waals surface area contributed by atoms with Crippen molar-refractivity contribution in [3.8, 4) is 0 Å². The van der Waals surface area contributed by atoms with Crippen LogP contribution in [0.25, 0.3) is 0 Å². The highest BCUT2D eigenvalue weighted by Crippen LogP contribution is 2.30. The highest BCUT2D eigenvalue weighted by atomic mass is 16.2. The molecule has 2 fully saturated rings. The van der Waals surface area contributed by atoms with Gasteiger partial charge in [-0.1, -0.05) is 31.2 Å². The first-order valence-electron chi connectivity index (χ1n) is 11.3. The van der Waals surface area contributed by atoms with E-state index in [1.165, 1.54) is 5.56 Å². The summed E-state index contributed by atoms with van der Waals surface area (Å²) < 4.78 is 0. The number of hydrogen-bond acceptors (Lipinski definition) is 5. The lowest BCUT2D eigenvalue weighted by Crippen LogP contribution is -2.52. The van der Waals surface area contributed by atoms with E-state index in [0.717, 1.165) is 29.9 Å². The number of nitrogens with one attached hydrogen (secondary N) is 3. The summed E-state index contributed by atoms with van der Waals surface area (Å²) in [6, 6.07) is 13.9. The number of benzene rings is 2. The Bertz CT molecular complexity index is 1070. The molecule has 5 rings (SSSR count). The zero-order valence-electron chi connectivity index (χ0n) is 18.2. The van der Waals surface area contributed by atoms with Gasteiger partial charge in [0.25, 0.3) is 5.91 Å². The Morgan fingerprint density at radius 3 is 2.59 bits per heavy atom. The van der Waals surface area contributed by atoms with Gasteiger partial charge in [0.1, 0.15) is 6.04 Å². The van der Waals surface area contributed by atoms with Gasteiger partial charge >= 0.3 is 0 Å². The predicted octanol–water partition coefficient (Wildman–Crippen LogP) is 2.38. The topological polar surface area (TPSA) is 90.5 Å². The lowest BCUT2D eigenvalue weighted by molar-refractivity contribution is -0.136. The maximum absolute atomic E-state index is 12.8. The van der Waals surface area contributed by atoms with E-state index in [-0.39, 0.29) is 24.1 Å². The lowest BCUT2D eigenvalue weighted by atomic mass is 9.90. The first-order valence-corrected chi connectivity index (χ1v) is 11.3. The third-order valence-corrected chi connectivity index (χ3v) is 6.94. The zero-order chi connectivity index (χ0) is 22.2. The van der Waals surface area contributed by atoms with Crippen molar-refractivity contribution in [2.75, 3.05) is 18.4 Å². The molecule has 0 saturated carbocycles. The third-order valence-electron chi connectivity index (χ3n) is 6.94. The van der Waals surface area contributed by atoms with E-state index in [0.29, 0.717) is 36.9 Å². The van der Waals surface area contributed by atoms with E-state index in [4.69, 9.17) is 0 Å². The van der Waals surface area contributed by atoms with Crippen LogP contribution in [-0.2, 0) is 22.7 Å². The van der Waals surface area contributed by atoms with Gasteiger partial charge in [-0.3, -0.25) is 19.7 Å². The maximum Gasteiger partial charge on any atom is 0.255 e. The summed E-state index contributed by atoms with van der Waals surface area (Å²) >= 11 is 0. The van der Waals surface area contributed by atoms with Gasteiger partial charge in [-0.15, -0.1) is 0 Å². The molecule has 0 spiro atoms. The third kappa shape index (κ3) is 3.88. The van der Waals surface area contributed by atoms with E-state index in [1.54, 1.807) is 4.90 Å². The fourth-order valence-electron chi connectivity index (χ4n) is 5.05. The van der Waals surface area contributed by atoms with Gasteiger partial charge in [0, 0.05) is 43.2 Å². The number of amides is 3. The molecule has 2 aromatic rings. The van der Waals surface area contributed by atoms with Crippen molar-refractivity contribution in [1.29, 1.82) is 0 Å². The molecule has 1 unspecified atom stereocenters. The Morgan fingerprint density at radius 2 is 1.88 bits per heavy atom. The molecule has 0 bridgehead atoms. The number of piperidine rings is 1. The summed E-state index contributed by atoms with van der Waals surface area (Å²) in [5.41, 5.74) is 5.09. The van der Waals surface area contributed by atoms with Gasteiger partial charge in [-0.05, 0) is 53.8 Å². The summed E-state index contributed by atoms with van der Waals surface area (Å²) in [6.45, 7) is 5.46. The highest BCUT2D eigenvalue weighted by molar-refractivity contribution is 6.05. The monoisotopic (exact) mass is 432 g/mol. The van der Waals surface area contributed by atoms with Crippen LogP contribution in [0.2, 0.25) is 0 Å². The van der Waals surface area contributed by atoms with Gasteiger partial charge < -0.3 is 15.5 Å². The molecular weight excluding hydrogens is 404 g/mol. The minimum atomic E-state index is -0.578. The Kier molecular flexibility index (Phi) is 5.43. The van der Waals surface area contributed by atoms with Gasteiger partial charge in [0.2, 0.25) is 11.8 Å². The molecule has 3 aliphatic heterocycles. The highest BCUT2D eigenvalue weighted by Gasteiger charge is 2.39. The number of carbonyl (C=O) groups is 3. The van der Waals surface area contributed by atoms with Crippen molar-refractivity contribution in [1.82, 2.24) is 15.5 Å². The van der Waals surface area contributed by atoms with Crippen LogP contribution in [0.1, 0.15) is 52.7 Å². The van der Waals surface area contributed by atoms with Crippen LogP contribution in [0.15, 0.2) is 42.5 Å². The molecule has 0 aliphatic carbocycles. The second-order valence-corrected chi connectivity index (χ2v) is 9.11. The molecular formula is C25H28N4O3. The average Bonchev–Trinajstić information content (AvgIpc) is 3.36. The fraction of sp³-hybridized carbons (Fsp3) is 0.400. The van der Waals surface area contributed by atoms with Gasteiger partial charge in [-0.25, -0.2) is 0 Å². The number of nitrogens with zero attached hydrogens (tertiary/aromatic N) is 1. The number of rotatable bonds is 5. The molecule has 3 atom stereocenters. The van der Waals surface area contributed by atoms with E-state index < -0.39 is 6.04 Å². The second-order valence-electron chi connectivity index (χ2n) is 9.11. The summed E-state index contributed by atoms with van der Waals surface area (Å²) in [5, 5.41) is 9.26. The van der Waals surface area contributed by atoms with Crippen molar-refractivity contribution in [2.45, 2.75) is 44.8 Å². The van der Waals surface area contributed by atoms with E-state index in [1.807, 2.05) is 18.2 Å². The molecule has 3 heterocycles. The molecule has 2 aromatic carbocycles. The van der Waals surface area contributed by atoms with Crippen molar-refractivity contribution >= 4 is 23.4 Å². The Balaban J connectivity index is 1.23. The lowest BCUT2D eigenvalue weighted by Gasteiger charge is -2.29. The summed E-state index contributed by atoms with van der Waals surface area (Å²) in [7, 11) is 0. The van der Waals surface area contributed by atoms with Gasteiger partial charge in [0.15, 0.2) is 0 Å². The summed E-state index contributed by atoms with van der Waals surface area (Å²) in [4.78, 5) is 38.0. The van der Waals surface area contributed by atoms with Crippen LogP contribution in [0, 0.1) is 5.92 Å². The van der Waals surface area contributed by atoms with Crippen molar-refractivity contribution < 1.29 is 14.4 Å². The molecule has 166 valence electrons. The number of hydrogen-bond donors (Lipinski definition) is 3. The maximum atomic E-state index is 12.8. The number of carbonyl (C=O) groups excluding carboxylic acids is 3. The van der Waals surface area contributed by atoms with Gasteiger partial charge in [0.05, 0.1) is 0 Å². The van der Waals surface area contributed by atoms with Gasteiger partial charge in [-0.2, -0.15) is 0 Å². The Labute approximate surface area is 187 Å².